The lowest BCUT2D eigenvalue weighted by atomic mass is 9.82. The van der Waals surface area contributed by atoms with Crippen LogP contribution in [0.1, 0.15) is 47.4 Å². The first-order valence-corrected chi connectivity index (χ1v) is 6.65. The maximum absolute atomic E-state index is 12.5. The number of fused-ring (bicyclic) bond motifs is 1. The quantitative estimate of drug-likeness (QED) is 0.572. The van der Waals surface area contributed by atoms with Gasteiger partial charge in [0.2, 0.25) is 0 Å². The highest BCUT2D eigenvalue weighted by molar-refractivity contribution is 6.26. The Kier molecular flexibility index (Phi) is 6.23. The molecule has 0 saturated carbocycles. The van der Waals surface area contributed by atoms with Crippen molar-refractivity contribution < 1.29 is 9.59 Å². The van der Waals surface area contributed by atoms with Gasteiger partial charge in [-0.1, -0.05) is 24.3 Å². The minimum atomic E-state index is -0.0484. The van der Waals surface area contributed by atoms with Crippen LogP contribution in [0, 0.1) is 0 Å². The molecule has 1 unspecified atom stereocenters. The normalized spacial score (nSPS) is 15.6. The monoisotopic (exact) mass is 309 g/mol. The zero-order valence-corrected chi connectivity index (χ0v) is 12.9. The molecule has 0 aromatic heterocycles. The van der Waals surface area contributed by atoms with E-state index in [1.807, 2.05) is 6.92 Å². The van der Waals surface area contributed by atoms with E-state index in [-0.39, 0.29) is 30.0 Å². The summed E-state index contributed by atoms with van der Waals surface area (Å²) < 4.78 is 0. The summed E-state index contributed by atoms with van der Waals surface area (Å²) in [6, 6.07) is 7.09. The summed E-state index contributed by atoms with van der Waals surface area (Å²) in [5.74, 6) is 5.10. The first kappa shape index (κ1) is 17.5. The minimum absolute atomic E-state index is 0. The van der Waals surface area contributed by atoms with Gasteiger partial charge in [0, 0.05) is 28.3 Å². The van der Waals surface area contributed by atoms with Gasteiger partial charge in [0.25, 0.3) is 0 Å². The second kappa shape index (κ2) is 7.47. The molecule has 0 heterocycles. The van der Waals surface area contributed by atoms with Crippen molar-refractivity contribution in [2.24, 2.45) is 5.84 Å². The summed E-state index contributed by atoms with van der Waals surface area (Å²) >= 11 is 0. The molecule has 1 atom stereocenters. The van der Waals surface area contributed by atoms with E-state index in [1.165, 1.54) is 0 Å². The molecule has 0 amide bonds. The lowest BCUT2D eigenvalue weighted by Crippen LogP contribution is -2.43. The number of halogens is 1. The van der Waals surface area contributed by atoms with Crippen LogP contribution in [0.15, 0.2) is 35.4 Å². The molecule has 1 aromatic carbocycles. The molecule has 0 saturated heterocycles. The Labute approximate surface area is 130 Å². The van der Waals surface area contributed by atoms with Gasteiger partial charge in [0.1, 0.15) is 0 Å². The lowest BCUT2D eigenvalue weighted by molar-refractivity contribution is 0.0971. The van der Waals surface area contributed by atoms with Crippen molar-refractivity contribution in [3.05, 3.63) is 46.5 Å². The van der Waals surface area contributed by atoms with E-state index in [0.717, 1.165) is 6.42 Å². The highest BCUT2D eigenvalue weighted by Crippen LogP contribution is 2.28. The minimum Gasteiger partial charge on any atom is -0.289 e. The highest BCUT2D eigenvalue weighted by Gasteiger charge is 2.29. The molecular formula is C15H20ClN3O2. The van der Waals surface area contributed by atoms with Crippen molar-refractivity contribution in [3.8, 4) is 0 Å². The molecule has 21 heavy (non-hydrogen) atoms. The zero-order valence-electron chi connectivity index (χ0n) is 12.1. The van der Waals surface area contributed by atoms with Crippen molar-refractivity contribution in [2.75, 3.05) is 0 Å². The smallest absolute Gasteiger partial charge is 0.190 e. The van der Waals surface area contributed by atoms with Crippen LogP contribution in [0.3, 0.4) is 0 Å². The Morgan fingerprint density at radius 1 is 1.14 bits per heavy atom. The molecule has 114 valence electrons. The number of hydrazine groups is 2. The summed E-state index contributed by atoms with van der Waals surface area (Å²) in [5, 5.41) is 0. The third kappa shape index (κ3) is 3.57. The fourth-order valence-electron chi connectivity index (χ4n) is 2.43. The topological polar surface area (TPSA) is 84.2 Å². The van der Waals surface area contributed by atoms with Crippen LogP contribution in [-0.4, -0.2) is 17.6 Å². The van der Waals surface area contributed by atoms with Crippen LogP contribution in [0.25, 0.3) is 0 Å². The number of ketones is 2. The molecule has 1 aliphatic carbocycles. The summed E-state index contributed by atoms with van der Waals surface area (Å²) in [7, 11) is 0. The maximum atomic E-state index is 12.5. The standard InChI is InChI=1S/C15H19N3O2.ClH/c1-9(17-18-16)7-8-11-10(2)14(19)12-5-3-4-6-13(12)15(11)20;/h3-6,9,17-18H,7-8,16H2,1-2H3;1H. The first-order chi connectivity index (χ1) is 9.56. The average molecular weight is 310 g/mol. The van der Waals surface area contributed by atoms with Gasteiger partial charge < -0.3 is 0 Å². The molecule has 1 aliphatic rings. The third-order valence-corrected chi connectivity index (χ3v) is 3.64. The number of Topliss-reactive ketones (excluding diaryl/α,β-unsaturated/α-hetero) is 2. The summed E-state index contributed by atoms with van der Waals surface area (Å²) in [5.41, 5.74) is 7.42. The second-order valence-corrected chi connectivity index (χ2v) is 5.04. The average Bonchev–Trinajstić information content (AvgIpc) is 2.45. The van der Waals surface area contributed by atoms with Gasteiger partial charge in [-0.25, -0.2) is 5.43 Å². The van der Waals surface area contributed by atoms with Crippen molar-refractivity contribution in [3.63, 3.8) is 0 Å². The van der Waals surface area contributed by atoms with Gasteiger partial charge >= 0.3 is 0 Å². The Bertz CT molecular complexity index is 584. The predicted octanol–water partition coefficient (Wildman–Crippen LogP) is 1.94. The zero-order chi connectivity index (χ0) is 14.7. The van der Waals surface area contributed by atoms with Crippen LogP contribution in [0.5, 0.6) is 0 Å². The Balaban J connectivity index is 0.00000220. The number of nitrogens with one attached hydrogen (secondary N) is 2. The molecule has 1 aromatic rings. The van der Waals surface area contributed by atoms with E-state index >= 15 is 0 Å². The molecule has 0 spiro atoms. The summed E-state index contributed by atoms with van der Waals surface area (Å²) in [6.45, 7) is 3.68. The van der Waals surface area contributed by atoms with Gasteiger partial charge in [0.05, 0.1) is 0 Å². The number of carbonyl (C=O) groups excluding carboxylic acids is 2. The molecule has 0 bridgehead atoms. The maximum Gasteiger partial charge on any atom is 0.190 e. The van der Waals surface area contributed by atoms with E-state index in [2.05, 4.69) is 11.0 Å². The second-order valence-electron chi connectivity index (χ2n) is 5.04. The van der Waals surface area contributed by atoms with Crippen LogP contribution in [0.2, 0.25) is 0 Å². The van der Waals surface area contributed by atoms with Crippen LogP contribution in [-0.2, 0) is 0 Å². The molecule has 4 N–H and O–H groups in total. The number of benzene rings is 1. The van der Waals surface area contributed by atoms with Crippen LogP contribution in [0.4, 0.5) is 0 Å². The molecular weight excluding hydrogens is 290 g/mol. The van der Waals surface area contributed by atoms with Gasteiger partial charge in [-0.05, 0) is 26.7 Å². The van der Waals surface area contributed by atoms with E-state index in [0.29, 0.717) is 28.7 Å². The Morgan fingerprint density at radius 2 is 1.71 bits per heavy atom. The molecule has 0 radical (unpaired) electrons. The van der Waals surface area contributed by atoms with Crippen LogP contribution < -0.4 is 16.8 Å². The van der Waals surface area contributed by atoms with E-state index in [1.54, 1.807) is 31.2 Å². The molecule has 0 aliphatic heterocycles. The third-order valence-electron chi connectivity index (χ3n) is 3.64. The van der Waals surface area contributed by atoms with Crippen molar-refractivity contribution in [1.82, 2.24) is 11.0 Å². The number of rotatable bonds is 5. The number of carbonyl (C=O) groups is 2. The van der Waals surface area contributed by atoms with Gasteiger partial charge in [-0.2, -0.15) is 5.53 Å². The molecule has 0 fully saturated rings. The van der Waals surface area contributed by atoms with Gasteiger partial charge in [-0.15, -0.1) is 12.4 Å². The fraction of sp³-hybridized carbons (Fsp3) is 0.333. The summed E-state index contributed by atoms with van der Waals surface area (Å²) in [6.07, 6.45) is 1.28. The molecule has 5 nitrogen and oxygen atoms in total. The van der Waals surface area contributed by atoms with Gasteiger partial charge in [0.15, 0.2) is 11.6 Å². The summed E-state index contributed by atoms with van der Waals surface area (Å²) in [4.78, 5) is 24.8. The van der Waals surface area contributed by atoms with Crippen molar-refractivity contribution >= 4 is 24.0 Å². The molecule has 2 rings (SSSR count). The lowest BCUT2D eigenvalue weighted by Gasteiger charge is -2.20. The number of hydrogen-bond acceptors (Lipinski definition) is 5. The Hall–Kier alpha value is -1.53. The SMILES string of the molecule is CC1=C(CCC(C)NNN)C(=O)c2ccccc2C1=O.Cl. The van der Waals surface area contributed by atoms with E-state index in [4.69, 9.17) is 5.84 Å². The van der Waals surface area contributed by atoms with E-state index in [9.17, 15) is 9.59 Å². The van der Waals surface area contributed by atoms with Crippen molar-refractivity contribution in [2.45, 2.75) is 32.7 Å². The van der Waals surface area contributed by atoms with Crippen molar-refractivity contribution in [1.29, 1.82) is 0 Å². The Morgan fingerprint density at radius 3 is 2.29 bits per heavy atom. The highest BCUT2D eigenvalue weighted by atomic mass is 35.5. The predicted molar refractivity (Wildman–Crippen MR) is 84.2 cm³/mol. The largest absolute Gasteiger partial charge is 0.289 e. The fourth-order valence-corrected chi connectivity index (χ4v) is 2.43. The number of nitrogens with two attached hydrogens (primary N) is 1. The number of allylic oxidation sites excluding steroid dienone is 2. The van der Waals surface area contributed by atoms with Gasteiger partial charge in [-0.3, -0.25) is 15.4 Å². The molecule has 6 heteroatoms. The van der Waals surface area contributed by atoms with Crippen LogP contribution >= 0.6 is 12.4 Å². The first-order valence-electron chi connectivity index (χ1n) is 6.65. The van der Waals surface area contributed by atoms with E-state index < -0.39 is 0 Å². The number of hydrogen-bond donors (Lipinski definition) is 3.